The molecule has 6 nitrogen and oxygen atoms in total. The van der Waals surface area contributed by atoms with Crippen molar-refractivity contribution in [2.24, 2.45) is 0 Å². The van der Waals surface area contributed by atoms with Gasteiger partial charge in [0.05, 0.1) is 15.8 Å². The predicted octanol–water partition coefficient (Wildman–Crippen LogP) is 0.520. The molecule has 2 rings (SSSR count). The second-order valence-corrected chi connectivity index (χ2v) is 3.82. The van der Waals surface area contributed by atoms with Crippen LogP contribution in [0.15, 0.2) is 42.7 Å². The summed E-state index contributed by atoms with van der Waals surface area (Å²) >= 11 is 0.588. The van der Waals surface area contributed by atoms with Gasteiger partial charge in [-0.15, -0.1) is 0 Å². The Labute approximate surface area is 100 Å². The zero-order chi connectivity index (χ0) is 12.7. The van der Waals surface area contributed by atoms with Gasteiger partial charge < -0.3 is 9.90 Å². The van der Waals surface area contributed by atoms with Crippen LogP contribution in [0.3, 0.4) is 0 Å². The Bertz CT molecular complexity index is 443. The van der Waals surface area contributed by atoms with Crippen LogP contribution in [0.5, 0.6) is 0 Å². The Kier molecular flexibility index (Phi) is 4.77. The van der Waals surface area contributed by atoms with E-state index >= 15 is 0 Å². The van der Waals surface area contributed by atoms with Crippen molar-refractivity contribution in [1.82, 2.24) is 0 Å². The number of nitrogens with zero attached hydrogens (tertiary/aromatic N) is 1. The summed E-state index contributed by atoms with van der Waals surface area (Å²) in [6, 6.07) is 8.14. The molecular formula is C10H8N2O4S. The number of carboxylic acid groups (broad SMARTS) is 1. The first-order valence-corrected chi connectivity index (χ1v) is 5.29. The Hall–Kier alpha value is -2.28. The van der Waals surface area contributed by atoms with E-state index in [0.29, 0.717) is 11.3 Å². The molecule has 0 fully saturated rings. The molecule has 1 N–H and O–H groups in total. The fourth-order valence-electron chi connectivity index (χ4n) is 0.877. The lowest BCUT2D eigenvalue weighted by molar-refractivity contribution is -0.380. The number of hydrogen-bond donors (Lipinski definition) is 0. The van der Waals surface area contributed by atoms with Gasteiger partial charge in [-0.3, -0.25) is 10.1 Å². The number of H-pyrrole nitrogens is 1. The van der Waals surface area contributed by atoms with E-state index in [2.05, 4.69) is 4.98 Å². The second kappa shape index (κ2) is 6.33. The lowest BCUT2D eigenvalue weighted by Gasteiger charge is -1.91. The number of carboxylic acids is 1. The average Bonchev–Trinajstić information content (AvgIpc) is 2.81. The topological polar surface area (TPSA) is 97.4 Å². The predicted molar refractivity (Wildman–Crippen MR) is 58.3 cm³/mol. The number of aromatic nitrogens is 1. The fourth-order valence-corrected chi connectivity index (χ4v) is 1.53. The van der Waals surface area contributed by atoms with Crippen LogP contribution in [-0.2, 0) is 0 Å². The molecule has 0 aliphatic heterocycles. The summed E-state index contributed by atoms with van der Waals surface area (Å²) in [7, 11) is 0. The third-order valence-electron chi connectivity index (χ3n) is 1.58. The maximum atomic E-state index is 10.1. The molecule has 2 aromatic heterocycles. The maximum Gasteiger partial charge on any atom is 0.324 e. The van der Waals surface area contributed by atoms with Crippen LogP contribution in [0.25, 0.3) is 0 Å². The van der Waals surface area contributed by atoms with Crippen molar-refractivity contribution in [2.45, 2.75) is 0 Å². The van der Waals surface area contributed by atoms with Crippen LogP contribution in [0, 0.1) is 10.1 Å². The highest BCUT2D eigenvalue weighted by atomic mass is 32.1. The number of hydrogen-bond acceptors (Lipinski definition) is 5. The molecular weight excluding hydrogens is 244 g/mol. The third-order valence-corrected chi connectivity index (χ3v) is 2.60. The Morgan fingerprint density at radius 2 is 1.88 bits per heavy atom. The molecule has 0 aliphatic rings. The van der Waals surface area contributed by atoms with Gasteiger partial charge in [0.15, 0.2) is 12.4 Å². The highest BCUT2D eigenvalue weighted by Crippen LogP contribution is 2.22. The van der Waals surface area contributed by atoms with Gasteiger partial charge in [-0.25, -0.2) is 4.98 Å². The average molecular weight is 252 g/mol. The number of aromatic amines is 1. The van der Waals surface area contributed by atoms with E-state index in [0.717, 1.165) is 12.1 Å². The summed E-state index contributed by atoms with van der Waals surface area (Å²) < 4.78 is 0. The maximum absolute atomic E-state index is 10.1. The molecule has 0 amide bonds. The summed E-state index contributed by atoms with van der Waals surface area (Å²) in [5.74, 6) is -1.39. The number of carbonyl (C=O) groups is 1. The third kappa shape index (κ3) is 4.39. The van der Waals surface area contributed by atoms with Crippen molar-refractivity contribution in [1.29, 1.82) is 0 Å². The van der Waals surface area contributed by atoms with E-state index in [1.54, 1.807) is 0 Å². The second-order valence-electron chi connectivity index (χ2n) is 2.76. The molecule has 0 saturated heterocycles. The minimum Gasteiger partial charge on any atom is -0.544 e. The molecule has 0 radical (unpaired) electrons. The monoisotopic (exact) mass is 252 g/mol. The van der Waals surface area contributed by atoms with E-state index in [-0.39, 0.29) is 9.88 Å². The molecule has 0 atom stereocenters. The van der Waals surface area contributed by atoms with Crippen molar-refractivity contribution in [2.75, 3.05) is 0 Å². The standard InChI is InChI=1S/C5H3NO4S.C5H5N/c7-5(8)3-1-2-4(11-3)6(9)10;1-2-4-6-5-3-1/h1-2H,(H,7,8);1-5H. The molecule has 2 heterocycles. The van der Waals surface area contributed by atoms with Gasteiger partial charge in [-0.1, -0.05) is 17.4 Å². The molecule has 17 heavy (non-hydrogen) atoms. The zero-order valence-corrected chi connectivity index (χ0v) is 9.35. The van der Waals surface area contributed by atoms with Crippen LogP contribution in [0.1, 0.15) is 9.67 Å². The Morgan fingerprint density at radius 1 is 1.24 bits per heavy atom. The first-order chi connectivity index (χ1) is 8.11. The number of nitro groups is 1. The number of thiophene rings is 1. The number of aromatic carboxylic acids is 1. The van der Waals surface area contributed by atoms with Crippen molar-refractivity contribution in [3.05, 3.63) is 57.7 Å². The minimum atomic E-state index is -1.39. The normalized spacial score (nSPS) is 8.94. The van der Waals surface area contributed by atoms with E-state index in [1.807, 2.05) is 30.6 Å². The smallest absolute Gasteiger partial charge is 0.324 e. The first-order valence-electron chi connectivity index (χ1n) is 4.48. The van der Waals surface area contributed by atoms with E-state index < -0.39 is 10.9 Å². The van der Waals surface area contributed by atoms with Crippen molar-refractivity contribution in [3.63, 3.8) is 0 Å². The fraction of sp³-hybridized carbons (Fsp3) is 0. The van der Waals surface area contributed by atoms with Crippen LogP contribution < -0.4 is 10.1 Å². The van der Waals surface area contributed by atoms with Crippen molar-refractivity contribution in [3.8, 4) is 0 Å². The number of rotatable bonds is 2. The van der Waals surface area contributed by atoms with E-state index in [1.165, 1.54) is 0 Å². The largest absolute Gasteiger partial charge is 0.544 e. The molecule has 2 aromatic rings. The summed E-state index contributed by atoms with van der Waals surface area (Å²) in [5.41, 5.74) is 0. The number of nitrogens with one attached hydrogen (secondary N) is 1. The zero-order valence-electron chi connectivity index (χ0n) is 8.53. The minimum absolute atomic E-state index is 0.128. The van der Waals surface area contributed by atoms with Crippen molar-refractivity contribution >= 4 is 22.3 Å². The van der Waals surface area contributed by atoms with Crippen molar-refractivity contribution < 1.29 is 19.8 Å². The van der Waals surface area contributed by atoms with Crippen LogP contribution in [0.4, 0.5) is 5.00 Å². The SMILES string of the molecule is O=C([O-])c1ccc([N+](=O)[O-])s1.c1cc[nH+]cc1. The molecule has 88 valence electrons. The van der Waals surface area contributed by atoms with Gasteiger partial charge in [0, 0.05) is 18.2 Å². The van der Waals surface area contributed by atoms with E-state index in [9.17, 15) is 20.0 Å². The first kappa shape index (κ1) is 12.8. The summed E-state index contributed by atoms with van der Waals surface area (Å²) in [5, 5.41) is 20.0. The van der Waals surface area contributed by atoms with Gasteiger partial charge in [-0.2, -0.15) is 0 Å². The lowest BCUT2D eigenvalue weighted by atomic mass is 10.5. The van der Waals surface area contributed by atoms with Gasteiger partial charge in [0.1, 0.15) is 0 Å². The highest BCUT2D eigenvalue weighted by Gasteiger charge is 2.09. The summed E-state index contributed by atoms with van der Waals surface area (Å²) in [4.78, 5) is 22.3. The molecule has 0 spiro atoms. The summed E-state index contributed by atoms with van der Waals surface area (Å²) in [6.07, 6.45) is 3.75. The quantitative estimate of drug-likeness (QED) is 0.574. The molecule has 0 aromatic carbocycles. The molecule has 0 bridgehead atoms. The molecule has 0 aliphatic carbocycles. The molecule has 0 unspecified atom stereocenters. The summed E-state index contributed by atoms with van der Waals surface area (Å²) in [6.45, 7) is 0. The Balaban J connectivity index is 0.000000202. The lowest BCUT2D eigenvalue weighted by Crippen LogP contribution is -2.20. The molecule has 0 saturated carbocycles. The van der Waals surface area contributed by atoms with Gasteiger partial charge in [-0.05, 0) is 6.07 Å². The number of pyridine rings is 1. The Morgan fingerprint density at radius 3 is 2.12 bits per heavy atom. The van der Waals surface area contributed by atoms with Crippen LogP contribution >= 0.6 is 11.3 Å². The number of carbonyl (C=O) groups excluding carboxylic acids is 1. The van der Waals surface area contributed by atoms with Gasteiger partial charge >= 0.3 is 5.00 Å². The van der Waals surface area contributed by atoms with Gasteiger partial charge in [0.2, 0.25) is 0 Å². The van der Waals surface area contributed by atoms with Crippen LogP contribution in [0.2, 0.25) is 0 Å². The highest BCUT2D eigenvalue weighted by molar-refractivity contribution is 7.17. The van der Waals surface area contributed by atoms with E-state index in [4.69, 9.17) is 0 Å². The molecule has 7 heteroatoms. The van der Waals surface area contributed by atoms with Gasteiger partial charge in [0.25, 0.3) is 0 Å². The van der Waals surface area contributed by atoms with Crippen LogP contribution in [-0.4, -0.2) is 10.9 Å².